The van der Waals surface area contributed by atoms with E-state index < -0.39 is 0 Å². The normalized spacial score (nSPS) is 23.7. The number of carbonyl (C=O) groups is 1. The second-order valence-electron chi connectivity index (χ2n) is 8.14. The molecule has 4 heteroatoms. The van der Waals surface area contributed by atoms with Crippen molar-refractivity contribution in [3.63, 3.8) is 0 Å². The van der Waals surface area contributed by atoms with E-state index >= 15 is 0 Å². The lowest BCUT2D eigenvalue weighted by Gasteiger charge is -2.33. The lowest BCUT2D eigenvalue weighted by molar-refractivity contribution is -0.128. The lowest BCUT2D eigenvalue weighted by atomic mass is 9.94. The van der Waals surface area contributed by atoms with E-state index in [4.69, 9.17) is 0 Å². The van der Waals surface area contributed by atoms with Gasteiger partial charge in [0.25, 0.3) is 5.91 Å². The van der Waals surface area contributed by atoms with Crippen LogP contribution in [0.1, 0.15) is 42.7 Å². The van der Waals surface area contributed by atoms with Gasteiger partial charge in [0, 0.05) is 37.7 Å². The molecule has 1 amide bonds. The Morgan fingerprint density at radius 3 is 2.46 bits per heavy atom. The largest absolute Gasteiger partial charge is 0.512 e. The summed E-state index contributed by atoms with van der Waals surface area (Å²) in [6, 6.07) is 18.7. The second-order valence-corrected chi connectivity index (χ2v) is 8.14. The molecule has 5 rings (SSSR count). The minimum Gasteiger partial charge on any atom is -0.512 e. The molecule has 1 aliphatic carbocycles. The maximum absolute atomic E-state index is 13.4. The highest BCUT2D eigenvalue weighted by atomic mass is 16.3. The van der Waals surface area contributed by atoms with E-state index in [1.807, 2.05) is 11.0 Å². The van der Waals surface area contributed by atoms with E-state index in [1.54, 1.807) is 0 Å². The summed E-state index contributed by atoms with van der Waals surface area (Å²) >= 11 is 0. The SMILES string of the molecule is O=C(C1=C(O)CC2c3ccccc3N(Cc3ccccc3)C12)N1CCCCC1. The van der Waals surface area contributed by atoms with Crippen LogP contribution in [-0.2, 0) is 11.3 Å². The van der Waals surface area contributed by atoms with E-state index in [9.17, 15) is 9.90 Å². The van der Waals surface area contributed by atoms with Crippen molar-refractivity contribution in [3.8, 4) is 0 Å². The highest BCUT2D eigenvalue weighted by Gasteiger charge is 2.49. The summed E-state index contributed by atoms with van der Waals surface area (Å²) in [7, 11) is 0. The number of rotatable bonds is 3. The van der Waals surface area contributed by atoms with Gasteiger partial charge in [-0.05, 0) is 36.5 Å². The highest BCUT2D eigenvalue weighted by Crippen LogP contribution is 2.51. The molecule has 2 unspecified atom stereocenters. The molecule has 0 spiro atoms. The van der Waals surface area contributed by atoms with Gasteiger partial charge in [-0.25, -0.2) is 0 Å². The molecule has 2 aromatic rings. The third-order valence-corrected chi connectivity index (χ3v) is 6.45. The molecular formula is C24H26N2O2. The van der Waals surface area contributed by atoms with Crippen LogP contribution in [-0.4, -0.2) is 35.0 Å². The van der Waals surface area contributed by atoms with Crippen LogP contribution in [0, 0.1) is 0 Å². The molecule has 0 aromatic heterocycles. The van der Waals surface area contributed by atoms with Crippen molar-refractivity contribution in [2.75, 3.05) is 18.0 Å². The molecule has 2 heterocycles. The van der Waals surface area contributed by atoms with E-state index in [0.717, 1.165) is 32.5 Å². The van der Waals surface area contributed by atoms with Gasteiger partial charge >= 0.3 is 0 Å². The summed E-state index contributed by atoms with van der Waals surface area (Å²) in [4.78, 5) is 17.7. The van der Waals surface area contributed by atoms with Gasteiger partial charge in [0.2, 0.25) is 0 Å². The summed E-state index contributed by atoms with van der Waals surface area (Å²) < 4.78 is 0. The first kappa shape index (κ1) is 17.4. The minimum absolute atomic E-state index is 0.0376. The zero-order valence-electron chi connectivity index (χ0n) is 16.1. The number of amides is 1. The smallest absolute Gasteiger partial charge is 0.255 e. The molecule has 1 N–H and O–H groups in total. The summed E-state index contributed by atoms with van der Waals surface area (Å²) in [5.74, 6) is 0.484. The third-order valence-electron chi connectivity index (χ3n) is 6.45. The Labute approximate surface area is 166 Å². The number of likely N-dealkylation sites (tertiary alicyclic amines) is 1. The van der Waals surface area contributed by atoms with Crippen LogP contribution < -0.4 is 4.90 Å². The lowest BCUT2D eigenvalue weighted by Crippen LogP contribution is -2.43. The molecule has 2 aliphatic heterocycles. The fourth-order valence-electron chi connectivity index (χ4n) is 5.15. The Bertz CT molecular complexity index is 915. The quantitative estimate of drug-likeness (QED) is 0.867. The van der Waals surface area contributed by atoms with Gasteiger partial charge in [-0.1, -0.05) is 48.5 Å². The molecule has 1 saturated heterocycles. The maximum Gasteiger partial charge on any atom is 0.255 e. The minimum atomic E-state index is -0.0768. The number of piperidine rings is 1. The molecule has 4 nitrogen and oxygen atoms in total. The summed E-state index contributed by atoms with van der Waals surface area (Å²) in [6.07, 6.45) is 3.86. The van der Waals surface area contributed by atoms with Crippen molar-refractivity contribution >= 4 is 11.6 Å². The fourth-order valence-corrected chi connectivity index (χ4v) is 5.15. The number of para-hydroxylation sites is 1. The van der Waals surface area contributed by atoms with Crippen molar-refractivity contribution in [1.82, 2.24) is 4.90 Å². The van der Waals surface area contributed by atoms with Crippen molar-refractivity contribution in [3.05, 3.63) is 77.1 Å². The topological polar surface area (TPSA) is 43.8 Å². The van der Waals surface area contributed by atoms with Gasteiger partial charge in [0.1, 0.15) is 5.76 Å². The first-order chi connectivity index (χ1) is 13.7. The molecule has 3 aliphatic rings. The van der Waals surface area contributed by atoms with E-state index in [2.05, 4.69) is 53.4 Å². The number of nitrogens with zero attached hydrogens (tertiary/aromatic N) is 2. The number of fused-ring (bicyclic) bond motifs is 3. The highest BCUT2D eigenvalue weighted by molar-refractivity contribution is 5.98. The number of aliphatic hydroxyl groups is 1. The second kappa shape index (κ2) is 7.01. The number of carbonyl (C=O) groups excluding carboxylic acids is 1. The zero-order chi connectivity index (χ0) is 19.1. The molecule has 2 atom stereocenters. The van der Waals surface area contributed by atoms with E-state index in [0.29, 0.717) is 12.0 Å². The maximum atomic E-state index is 13.4. The molecule has 28 heavy (non-hydrogen) atoms. The third kappa shape index (κ3) is 2.79. The summed E-state index contributed by atoms with van der Waals surface area (Å²) in [5.41, 5.74) is 4.28. The van der Waals surface area contributed by atoms with Crippen LogP contribution in [0.2, 0.25) is 0 Å². The van der Waals surface area contributed by atoms with Crippen LogP contribution in [0.25, 0.3) is 0 Å². The van der Waals surface area contributed by atoms with E-state index in [-0.39, 0.29) is 23.6 Å². The summed E-state index contributed by atoms with van der Waals surface area (Å²) in [5, 5.41) is 10.8. The van der Waals surface area contributed by atoms with E-state index in [1.165, 1.54) is 23.2 Å². The Balaban J connectivity index is 1.52. The predicted octanol–water partition coefficient (Wildman–Crippen LogP) is 4.39. The molecule has 144 valence electrons. The average molecular weight is 374 g/mol. The molecule has 1 fully saturated rings. The zero-order valence-corrected chi connectivity index (χ0v) is 16.1. The first-order valence-corrected chi connectivity index (χ1v) is 10.3. The van der Waals surface area contributed by atoms with Crippen LogP contribution in [0.3, 0.4) is 0 Å². The Morgan fingerprint density at radius 1 is 0.964 bits per heavy atom. The summed E-state index contributed by atoms with van der Waals surface area (Å²) in [6.45, 7) is 2.35. The van der Waals surface area contributed by atoms with Crippen LogP contribution >= 0.6 is 0 Å². The van der Waals surface area contributed by atoms with Crippen LogP contribution in [0.5, 0.6) is 0 Å². The van der Waals surface area contributed by atoms with Gasteiger partial charge in [-0.15, -0.1) is 0 Å². The monoisotopic (exact) mass is 374 g/mol. The number of aliphatic hydroxyl groups excluding tert-OH is 1. The first-order valence-electron chi connectivity index (χ1n) is 10.3. The van der Waals surface area contributed by atoms with Gasteiger partial charge in [0.05, 0.1) is 11.6 Å². The van der Waals surface area contributed by atoms with Crippen LogP contribution in [0.15, 0.2) is 65.9 Å². The Hall–Kier alpha value is -2.75. The van der Waals surface area contributed by atoms with Crippen molar-refractivity contribution < 1.29 is 9.90 Å². The standard InChI is InChI=1S/C24H26N2O2/c27-21-15-19-18-11-5-6-12-20(18)26(16-17-9-3-1-4-10-17)23(19)22(21)24(28)25-13-7-2-8-14-25/h1,3-6,9-12,19,23,27H,2,7-8,13-16H2. The number of hydrogen-bond acceptors (Lipinski definition) is 3. The van der Waals surface area contributed by atoms with Gasteiger partial charge in [-0.3, -0.25) is 4.79 Å². The number of anilines is 1. The van der Waals surface area contributed by atoms with Crippen LogP contribution in [0.4, 0.5) is 5.69 Å². The van der Waals surface area contributed by atoms with Gasteiger partial charge < -0.3 is 14.9 Å². The Kier molecular flexibility index (Phi) is 4.34. The molecule has 0 bridgehead atoms. The predicted molar refractivity (Wildman–Crippen MR) is 110 cm³/mol. The molecular weight excluding hydrogens is 348 g/mol. The molecule has 0 radical (unpaired) electrons. The molecule has 2 aromatic carbocycles. The number of hydrogen-bond donors (Lipinski definition) is 1. The van der Waals surface area contributed by atoms with Gasteiger partial charge in [-0.2, -0.15) is 0 Å². The van der Waals surface area contributed by atoms with Crippen molar-refractivity contribution in [1.29, 1.82) is 0 Å². The fraction of sp³-hybridized carbons (Fsp3) is 0.375. The number of allylic oxidation sites excluding steroid dienone is 1. The number of benzene rings is 2. The van der Waals surface area contributed by atoms with Crippen molar-refractivity contribution in [2.45, 2.75) is 44.2 Å². The molecule has 0 saturated carbocycles. The van der Waals surface area contributed by atoms with Gasteiger partial charge in [0.15, 0.2) is 0 Å². The average Bonchev–Trinajstić information content (AvgIpc) is 3.23. The van der Waals surface area contributed by atoms with Crippen molar-refractivity contribution in [2.24, 2.45) is 0 Å². The Morgan fingerprint density at radius 2 is 1.68 bits per heavy atom.